The number of piperidine rings is 1. The van der Waals surface area contributed by atoms with E-state index >= 15 is 0 Å². The van der Waals surface area contributed by atoms with Gasteiger partial charge in [-0.05, 0) is 40.9 Å². The van der Waals surface area contributed by atoms with Crippen molar-refractivity contribution in [3.63, 3.8) is 0 Å². The highest BCUT2D eigenvalue weighted by molar-refractivity contribution is 9.10. The van der Waals surface area contributed by atoms with Gasteiger partial charge in [-0.3, -0.25) is 0 Å². The molecule has 0 aromatic carbocycles. The van der Waals surface area contributed by atoms with Crippen LogP contribution in [0.2, 0.25) is 0 Å². The predicted octanol–water partition coefficient (Wildman–Crippen LogP) is 2.88. The van der Waals surface area contributed by atoms with Gasteiger partial charge in [-0.2, -0.15) is 0 Å². The Morgan fingerprint density at radius 2 is 2.06 bits per heavy atom. The van der Waals surface area contributed by atoms with Crippen molar-refractivity contribution in [2.45, 2.75) is 18.9 Å². The predicted molar refractivity (Wildman–Crippen MR) is 74.6 cm³/mol. The van der Waals surface area contributed by atoms with Gasteiger partial charge >= 0.3 is 0 Å². The third kappa shape index (κ3) is 2.41. The quantitative estimate of drug-likeness (QED) is 0.855. The van der Waals surface area contributed by atoms with Gasteiger partial charge < -0.3 is 9.47 Å². The van der Waals surface area contributed by atoms with Crippen LogP contribution >= 0.6 is 15.9 Å². The second kappa shape index (κ2) is 5.10. The van der Waals surface area contributed by atoms with E-state index in [2.05, 4.69) is 47.6 Å². The van der Waals surface area contributed by atoms with Gasteiger partial charge in [-0.25, -0.2) is 9.97 Å². The van der Waals surface area contributed by atoms with E-state index in [1.165, 1.54) is 0 Å². The van der Waals surface area contributed by atoms with Crippen molar-refractivity contribution in [3.8, 4) is 0 Å². The minimum atomic E-state index is 0.583. The Labute approximate surface area is 115 Å². The molecule has 18 heavy (non-hydrogen) atoms. The fraction of sp³-hybridized carbons (Fsp3) is 0.385. The zero-order valence-corrected chi connectivity index (χ0v) is 11.6. The molecule has 0 N–H and O–H groups in total. The van der Waals surface area contributed by atoms with Gasteiger partial charge in [-0.15, -0.1) is 0 Å². The average Bonchev–Trinajstić information content (AvgIpc) is 2.94. The average molecular weight is 307 g/mol. The molecule has 3 rings (SSSR count). The summed E-state index contributed by atoms with van der Waals surface area (Å²) >= 11 is 3.41. The molecule has 4 nitrogen and oxygen atoms in total. The third-order valence-corrected chi connectivity index (χ3v) is 3.92. The lowest BCUT2D eigenvalue weighted by molar-refractivity contribution is 0.395. The first kappa shape index (κ1) is 11.7. The van der Waals surface area contributed by atoms with E-state index in [1.54, 1.807) is 0 Å². The van der Waals surface area contributed by atoms with Gasteiger partial charge in [0, 0.05) is 42.2 Å². The fourth-order valence-corrected chi connectivity index (χ4v) is 2.67. The van der Waals surface area contributed by atoms with Crippen LogP contribution in [0.3, 0.4) is 0 Å². The fourth-order valence-electron chi connectivity index (χ4n) is 2.43. The first-order valence-electron chi connectivity index (χ1n) is 6.17. The molecule has 1 fully saturated rings. The molecule has 0 aliphatic carbocycles. The molecule has 1 aliphatic rings. The molecule has 0 bridgehead atoms. The summed E-state index contributed by atoms with van der Waals surface area (Å²) in [5.41, 5.74) is 0. The minimum absolute atomic E-state index is 0.583. The Morgan fingerprint density at radius 3 is 2.67 bits per heavy atom. The van der Waals surface area contributed by atoms with Crippen LogP contribution in [0.25, 0.3) is 0 Å². The van der Waals surface area contributed by atoms with Gasteiger partial charge in [0.05, 0.1) is 6.33 Å². The zero-order valence-electron chi connectivity index (χ0n) is 10.0. The lowest BCUT2D eigenvalue weighted by Gasteiger charge is -2.33. The summed E-state index contributed by atoms with van der Waals surface area (Å²) in [6, 6.07) is 4.70. The van der Waals surface area contributed by atoms with Crippen LogP contribution in [-0.4, -0.2) is 27.6 Å². The second-order valence-electron chi connectivity index (χ2n) is 4.56. The number of rotatable bonds is 2. The largest absolute Gasteiger partial charge is 0.356 e. The van der Waals surface area contributed by atoms with Gasteiger partial charge in [0.15, 0.2) is 0 Å². The number of aromatic nitrogens is 3. The summed E-state index contributed by atoms with van der Waals surface area (Å²) in [6.07, 6.45) is 9.97. The molecule has 1 aliphatic heterocycles. The van der Waals surface area contributed by atoms with Crippen LogP contribution in [0, 0.1) is 0 Å². The summed E-state index contributed by atoms with van der Waals surface area (Å²) in [6.45, 7) is 2.11. The Kier molecular flexibility index (Phi) is 3.32. The normalized spacial score (nSPS) is 17.1. The molecule has 0 amide bonds. The molecule has 0 atom stereocenters. The molecular formula is C13H15BrN4. The Bertz CT molecular complexity index is 486. The van der Waals surface area contributed by atoms with E-state index in [0.717, 1.165) is 36.2 Å². The zero-order chi connectivity index (χ0) is 12.4. The number of imidazole rings is 1. The van der Waals surface area contributed by atoms with Crippen LogP contribution in [0.15, 0.2) is 41.5 Å². The number of hydrogen-bond donors (Lipinski definition) is 0. The Morgan fingerprint density at radius 1 is 1.22 bits per heavy atom. The van der Waals surface area contributed by atoms with Crippen LogP contribution in [0.1, 0.15) is 18.9 Å². The van der Waals surface area contributed by atoms with Crippen LogP contribution in [-0.2, 0) is 0 Å². The van der Waals surface area contributed by atoms with E-state index in [9.17, 15) is 0 Å². The molecule has 5 heteroatoms. The lowest BCUT2D eigenvalue weighted by Crippen LogP contribution is -2.34. The van der Waals surface area contributed by atoms with Crippen molar-refractivity contribution in [3.05, 3.63) is 41.5 Å². The third-order valence-electron chi connectivity index (χ3n) is 3.45. The number of nitrogens with zero attached hydrogens (tertiary/aromatic N) is 4. The summed E-state index contributed by atoms with van der Waals surface area (Å²) in [5, 5.41) is 0. The number of halogens is 1. The van der Waals surface area contributed by atoms with Crippen LogP contribution in [0.5, 0.6) is 0 Å². The second-order valence-corrected chi connectivity index (χ2v) is 5.48. The Hall–Kier alpha value is -1.36. The van der Waals surface area contributed by atoms with E-state index in [-0.39, 0.29) is 0 Å². The van der Waals surface area contributed by atoms with Gasteiger partial charge in [0.2, 0.25) is 0 Å². The molecular weight excluding hydrogens is 292 g/mol. The standard InChI is InChI=1S/C13H15BrN4/c14-11-1-2-13(16-9-11)17-6-3-12(4-7-17)18-8-5-15-10-18/h1-2,5,8-10,12H,3-4,6-7H2. The first-order chi connectivity index (χ1) is 8.83. The molecule has 94 valence electrons. The Balaban J connectivity index is 1.65. The highest BCUT2D eigenvalue weighted by Gasteiger charge is 2.20. The van der Waals surface area contributed by atoms with Crippen molar-refractivity contribution >= 4 is 21.7 Å². The van der Waals surface area contributed by atoms with E-state index in [4.69, 9.17) is 0 Å². The highest BCUT2D eigenvalue weighted by Crippen LogP contribution is 2.25. The van der Waals surface area contributed by atoms with Crippen LogP contribution in [0.4, 0.5) is 5.82 Å². The molecule has 1 saturated heterocycles. The maximum atomic E-state index is 4.45. The summed E-state index contributed by atoms with van der Waals surface area (Å²) in [7, 11) is 0. The summed E-state index contributed by atoms with van der Waals surface area (Å²) in [5.74, 6) is 1.07. The monoisotopic (exact) mass is 306 g/mol. The van der Waals surface area contributed by atoms with Gasteiger partial charge in [-0.1, -0.05) is 0 Å². The smallest absolute Gasteiger partial charge is 0.128 e. The SMILES string of the molecule is Brc1ccc(N2CCC(n3ccnc3)CC2)nc1. The molecule has 2 aromatic heterocycles. The maximum absolute atomic E-state index is 4.45. The van der Waals surface area contributed by atoms with Crippen molar-refractivity contribution in [1.82, 2.24) is 14.5 Å². The number of anilines is 1. The van der Waals surface area contributed by atoms with E-state index in [1.807, 2.05) is 24.8 Å². The van der Waals surface area contributed by atoms with E-state index in [0.29, 0.717) is 6.04 Å². The lowest BCUT2D eigenvalue weighted by atomic mass is 10.1. The molecule has 2 aromatic rings. The van der Waals surface area contributed by atoms with Gasteiger partial charge in [0.1, 0.15) is 5.82 Å². The highest BCUT2D eigenvalue weighted by atomic mass is 79.9. The van der Waals surface area contributed by atoms with Crippen LogP contribution < -0.4 is 4.90 Å². The summed E-state index contributed by atoms with van der Waals surface area (Å²) in [4.78, 5) is 10.9. The molecule has 0 saturated carbocycles. The molecule has 3 heterocycles. The molecule has 0 radical (unpaired) electrons. The number of pyridine rings is 1. The summed E-state index contributed by atoms with van der Waals surface area (Å²) < 4.78 is 3.24. The molecule has 0 spiro atoms. The van der Waals surface area contributed by atoms with Gasteiger partial charge in [0.25, 0.3) is 0 Å². The van der Waals surface area contributed by atoms with Crippen molar-refractivity contribution in [2.75, 3.05) is 18.0 Å². The maximum Gasteiger partial charge on any atom is 0.128 e. The number of hydrogen-bond acceptors (Lipinski definition) is 3. The van der Waals surface area contributed by atoms with Crippen molar-refractivity contribution in [1.29, 1.82) is 0 Å². The van der Waals surface area contributed by atoms with Crippen molar-refractivity contribution in [2.24, 2.45) is 0 Å². The first-order valence-corrected chi connectivity index (χ1v) is 6.96. The van der Waals surface area contributed by atoms with E-state index < -0.39 is 0 Å². The van der Waals surface area contributed by atoms with Crippen molar-refractivity contribution < 1.29 is 0 Å². The molecule has 0 unspecified atom stereocenters. The topological polar surface area (TPSA) is 34.0 Å². The minimum Gasteiger partial charge on any atom is -0.356 e.